The first-order chi connectivity index (χ1) is 6.52. The van der Waals surface area contributed by atoms with Gasteiger partial charge in [0.15, 0.2) is 4.67 Å². The van der Waals surface area contributed by atoms with Gasteiger partial charge in [-0.2, -0.15) is 0 Å². The van der Waals surface area contributed by atoms with E-state index in [1.807, 2.05) is 0 Å². The second-order valence-electron chi connectivity index (χ2n) is 3.37. The molecule has 74 valence electrons. The quantitative estimate of drug-likeness (QED) is 0.569. The molecular weight excluding hydrogens is 252 g/mol. The Morgan fingerprint density at radius 2 is 2.14 bits per heavy atom. The summed E-state index contributed by atoms with van der Waals surface area (Å²) in [5.41, 5.74) is -0.969. The van der Waals surface area contributed by atoms with Gasteiger partial charge < -0.3 is 9.15 Å². The van der Waals surface area contributed by atoms with Crippen LogP contribution in [0.1, 0.15) is 19.1 Å². The summed E-state index contributed by atoms with van der Waals surface area (Å²) >= 11 is 3.13. The normalized spacial score (nSPS) is 26.7. The first-order valence-corrected chi connectivity index (χ1v) is 4.82. The smallest absolute Gasteiger partial charge is 0.327 e. The average Bonchev–Trinajstić information content (AvgIpc) is 2.59. The molecule has 1 aromatic heterocycles. The van der Waals surface area contributed by atoms with Crippen LogP contribution in [0, 0.1) is 0 Å². The van der Waals surface area contributed by atoms with Gasteiger partial charge in [0.25, 0.3) is 0 Å². The van der Waals surface area contributed by atoms with E-state index in [2.05, 4.69) is 20.7 Å². The lowest BCUT2D eigenvalue weighted by atomic mass is 9.86. The molecule has 0 aromatic carbocycles. The zero-order valence-corrected chi connectivity index (χ0v) is 8.96. The molecule has 5 heteroatoms. The third kappa shape index (κ3) is 1.28. The van der Waals surface area contributed by atoms with E-state index in [0.717, 1.165) is 0 Å². The summed E-state index contributed by atoms with van der Waals surface area (Å²) in [5, 5.41) is 0. The zero-order valence-electron chi connectivity index (χ0n) is 7.37. The lowest BCUT2D eigenvalue weighted by Crippen LogP contribution is -2.26. The summed E-state index contributed by atoms with van der Waals surface area (Å²) in [6.45, 7) is 1.63. The van der Waals surface area contributed by atoms with Gasteiger partial charge >= 0.3 is 11.9 Å². The first-order valence-electron chi connectivity index (χ1n) is 4.03. The van der Waals surface area contributed by atoms with Gasteiger partial charge in [-0.15, -0.1) is 0 Å². The zero-order chi connectivity index (χ0) is 10.3. The molecule has 0 amide bonds. The molecule has 2 rings (SSSR count). The van der Waals surface area contributed by atoms with Gasteiger partial charge in [0.2, 0.25) is 0 Å². The van der Waals surface area contributed by atoms with Crippen LogP contribution >= 0.6 is 15.9 Å². The van der Waals surface area contributed by atoms with Gasteiger partial charge in [-0.1, -0.05) is 0 Å². The van der Waals surface area contributed by atoms with E-state index < -0.39 is 17.4 Å². The highest BCUT2D eigenvalue weighted by Crippen LogP contribution is 2.36. The standard InChI is InChI=1S/C9H7BrO4/c1-9(4-7(11)14-8(9)12)5-2-3-6(10)13-5/h2-3H,4H2,1H3. The van der Waals surface area contributed by atoms with Gasteiger partial charge in [0.05, 0.1) is 6.42 Å². The maximum atomic E-state index is 11.4. The van der Waals surface area contributed by atoms with E-state index in [4.69, 9.17) is 4.42 Å². The molecule has 0 bridgehead atoms. The van der Waals surface area contributed by atoms with Crippen molar-refractivity contribution in [1.29, 1.82) is 0 Å². The number of carbonyl (C=O) groups excluding carboxylic acids is 2. The molecule has 1 unspecified atom stereocenters. The van der Waals surface area contributed by atoms with Crippen molar-refractivity contribution in [3.63, 3.8) is 0 Å². The summed E-state index contributed by atoms with van der Waals surface area (Å²) in [4.78, 5) is 22.4. The molecule has 0 N–H and O–H groups in total. The molecule has 0 saturated carbocycles. The van der Waals surface area contributed by atoms with Crippen LogP contribution in [0.4, 0.5) is 0 Å². The number of hydrogen-bond acceptors (Lipinski definition) is 4. The van der Waals surface area contributed by atoms with Crippen molar-refractivity contribution in [2.45, 2.75) is 18.8 Å². The molecule has 0 spiro atoms. The Kier molecular flexibility index (Phi) is 1.99. The highest BCUT2D eigenvalue weighted by Gasteiger charge is 2.49. The van der Waals surface area contributed by atoms with Crippen molar-refractivity contribution in [3.05, 3.63) is 22.6 Å². The Morgan fingerprint density at radius 3 is 2.57 bits per heavy atom. The minimum atomic E-state index is -0.969. The number of halogens is 1. The number of furan rings is 1. The van der Waals surface area contributed by atoms with Crippen LogP contribution in [0.15, 0.2) is 21.2 Å². The van der Waals surface area contributed by atoms with Crippen molar-refractivity contribution in [2.75, 3.05) is 0 Å². The topological polar surface area (TPSA) is 56.5 Å². The molecule has 1 aromatic rings. The molecule has 1 atom stereocenters. The molecule has 2 heterocycles. The number of rotatable bonds is 1. The van der Waals surface area contributed by atoms with Crippen molar-refractivity contribution in [1.82, 2.24) is 0 Å². The minimum absolute atomic E-state index is 0.0335. The Balaban J connectivity index is 2.42. The molecule has 14 heavy (non-hydrogen) atoms. The highest BCUT2D eigenvalue weighted by atomic mass is 79.9. The Bertz CT molecular complexity index is 409. The molecule has 4 nitrogen and oxygen atoms in total. The van der Waals surface area contributed by atoms with Gasteiger partial charge in [0.1, 0.15) is 11.2 Å². The van der Waals surface area contributed by atoms with Crippen LogP contribution in [0.2, 0.25) is 0 Å². The van der Waals surface area contributed by atoms with Crippen LogP contribution in [-0.4, -0.2) is 11.9 Å². The van der Waals surface area contributed by atoms with E-state index >= 15 is 0 Å². The van der Waals surface area contributed by atoms with E-state index in [0.29, 0.717) is 10.4 Å². The lowest BCUT2D eigenvalue weighted by Gasteiger charge is -2.13. The fourth-order valence-corrected chi connectivity index (χ4v) is 1.72. The van der Waals surface area contributed by atoms with E-state index in [1.165, 1.54) is 0 Å². The van der Waals surface area contributed by atoms with Crippen LogP contribution in [0.5, 0.6) is 0 Å². The average molecular weight is 259 g/mol. The van der Waals surface area contributed by atoms with Crippen molar-refractivity contribution in [3.8, 4) is 0 Å². The van der Waals surface area contributed by atoms with Gasteiger partial charge in [0, 0.05) is 0 Å². The molecular formula is C9H7BrO4. The molecule has 1 fully saturated rings. The number of carbonyl (C=O) groups is 2. The number of esters is 2. The summed E-state index contributed by atoms with van der Waals surface area (Å²) < 4.78 is 10.3. The van der Waals surface area contributed by atoms with E-state index in [-0.39, 0.29) is 6.42 Å². The molecule has 1 aliphatic heterocycles. The highest BCUT2D eigenvalue weighted by molar-refractivity contribution is 9.10. The van der Waals surface area contributed by atoms with Gasteiger partial charge in [-0.05, 0) is 35.0 Å². The summed E-state index contributed by atoms with van der Waals surface area (Å²) in [5.74, 6) is -0.616. The van der Waals surface area contributed by atoms with E-state index in [1.54, 1.807) is 19.1 Å². The monoisotopic (exact) mass is 258 g/mol. The number of ether oxygens (including phenoxy) is 1. The van der Waals surface area contributed by atoms with E-state index in [9.17, 15) is 9.59 Å². The summed E-state index contributed by atoms with van der Waals surface area (Å²) in [7, 11) is 0. The van der Waals surface area contributed by atoms with Crippen LogP contribution in [-0.2, 0) is 19.7 Å². The van der Waals surface area contributed by atoms with Crippen molar-refractivity contribution < 1.29 is 18.7 Å². The maximum Gasteiger partial charge on any atom is 0.327 e. The maximum absolute atomic E-state index is 11.4. The fraction of sp³-hybridized carbons (Fsp3) is 0.333. The molecule has 0 radical (unpaired) electrons. The second kappa shape index (κ2) is 2.95. The predicted octanol–water partition coefficient (Wildman–Crippen LogP) is 1.77. The summed E-state index contributed by atoms with van der Waals surface area (Å²) in [6, 6.07) is 3.33. The third-order valence-electron chi connectivity index (χ3n) is 2.27. The third-order valence-corrected chi connectivity index (χ3v) is 2.70. The predicted molar refractivity (Wildman–Crippen MR) is 49.5 cm³/mol. The lowest BCUT2D eigenvalue weighted by molar-refractivity contribution is -0.153. The molecule has 1 aliphatic rings. The minimum Gasteiger partial charge on any atom is -0.453 e. The SMILES string of the molecule is CC1(c2ccc(Br)o2)CC(=O)OC1=O. The first kappa shape index (κ1) is 9.45. The molecule has 0 aliphatic carbocycles. The van der Waals surface area contributed by atoms with Crippen molar-refractivity contribution in [2.24, 2.45) is 0 Å². The number of hydrogen-bond donors (Lipinski definition) is 0. The van der Waals surface area contributed by atoms with Gasteiger partial charge in [-0.3, -0.25) is 9.59 Å². The summed E-state index contributed by atoms with van der Waals surface area (Å²) in [6.07, 6.45) is 0.0335. The number of cyclic esters (lactones) is 2. The molecule has 1 saturated heterocycles. The van der Waals surface area contributed by atoms with Crippen LogP contribution in [0.25, 0.3) is 0 Å². The second-order valence-corrected chi connectivity index (χ2v) is 4.16. The fourth-order valence-electron chi connectivity index (χ4n) is 1.41. The van der Waals surface area contributed by atoms with Crippen molar-refractivity contribution >= 4 is 27.9 Å². The van der Waals surface area contributed by atoms with Crippen LogP contribution in [0.3, 0.4) is 0 Å². The van der Waals surface area contributed by atoms with Gasteiger partial charge in [-0.25, -0.2) is 0 Å². The van der Waals surface area contributed by atoms with Crippen LogP contribution < -0.4 is 0 Å². The Morgan fingerprint density at radius 1 is 1.43 bits per heavy atom. The Labute approximate surface area is 88.3 Å². The largest absolute Gasteiger partial charge is 0.453 e. The Hall–Kier alpha value is -1.10.